The molecule has 0 bridgehead atoms. The Labute approximate surface area is 66.3 Å². The van der Waals surface area contributed by atoms with Crippen molar-refractivity contribution in [2.45, 2.75) is 18.5 Å². The van der Waals surface area contributed by atoms with Crippen LogP contribution in [0, 0.1) is 0 Å². The van der Waals surface area contributed by atoms with Gasteiger partial charge in [0.25, 0.3) is 0 Å². The second-order valence-corrected chi connectivity index (χ2v) is 2.97. The Bertz CT molecular complexity index is 161. The summed E-state index contributed by atoms with van der Waals surface area (Å²) >= 11 is 0. The minimum atomic E-state index is -0.180. The van der Waals surface area contributed by atoms with Crippen molar-refractivity contribution in [2.75, 3.05) is 20.7 Å². The van der Waals surface area contributed by atoms with Crippen molar-refractivity contribution in [3.63, 3.8) is 0 Å². The second-order valence-electron chi connectivity index (χ2n) is 2.97. The topological polar surface area (TPSA) is 55.6 Å². The molecule has 0 unspecified atom stereocenters. The van der Waals surface area contributed by atoms with Gasteiger partial charge >= 0.3 is 5.97 Å². The monoisotopic (exact) mass is 158 g/mol. The van der Waals surface area contributed by atoms with Gasteiger partial charge in [-0.2, -0.15) is 0 Å². The van der Waals surface area contributed by atoms with E-state index in [2.05, 4.69) is 4.74 Å². The largest absolute Gasteiger partial charge is 0.468 e. The van der Waals surface area contributed by atoms with Gasteiger partial charge in [-0.05, 0) is 13.5 Å². The van der Waals surface area contributed by atoms with E-state index in [0.717, 1.165) is 6.54 Å². The molecule has 1 aliphatic rings. The molecule has 1 heterocycles. The molecule has 0 aromatic carbocycles. The van der Waals surface area contributed by atoms with Gasteiger partial charge in [0, 0.05) is 12.6 Å². The highest BCUT2D eigenvalue weighted by molar-refractivity contribution is 5.76. The van der Waals surface area contributed by atoms with Gasteiger partial charge in [-0.3, -0.25) is 9.69 Å². The summed E-state index contributed by atoms with van der Waals surface area (Å²) in [6.07, 6.45) is 0.711. The maximum absolute atomic E-state index is 11.1. The number of carbonyl (C=O) groups excluding carboxylic acids is 1. The van der Waals surface area contributed by atoms with E-state index in [1.807, 2.05) is 11.9 Å². The highest BCUT2D eigenvalue weighted by atomic mass is 16.5. The zero-order chi connectivity index (χ0) is 8.43. The van der Waals surface area contributed by atoms with Crippen LogP contribution >= 0.6 is 0 Å². The maximum Gasteiger partial charge on any atom is 0.323 e. The minimum absolute atomic E-state index is 0.115. The average molecular weight is 158 g/mol. The number of carbonyl (C=O) groups is 1. The predicted octanol–water partition coefficient (Wildman–Crippen LogP) is -0.809. The Kier molecular flexibility index (Phi) is 2.46. The van der Waals surface area contributed by atoms with Crippen LogP contribution in [0.5, 0.6) is 0 Å². The number of nitrogens with zero attached hydrogens (tertiary/aromatic N) is 1. The third kappa shape index (κ3) is 1.70. The summed E-state index contributed by atoms with van der Waals surface area (Å²) in [7, 11) is 3.29. The van der Waals surface area contributed by atoms with Crippen LogP contribution in [-0.2, 0) is 9.53 Å². The number of likely N-dealkylation sites (N-methyl/N-ethyl adjacent to an activating group) is 1. The first-order valence-electron chi connectivity index (χ1n) is 3.68. The van der Waals surface area contributed by atoms with E-state index in [1.165, 1.54) is 7.11 Å². The molecule has 2 atom stereocenters. The van der Waals surface area contributed by atoms with Gasteiger partial charge in [-0.15, -0.1) is 0 Å². The number of likely N-dealkylation sites (tertiary alicyclic amines) is 1. The van der Waals surface area contributed by atoms with Crippen LogP contribution in [-0.4, -0.2) is 43.7 Å². The molecule has 0 amide bonds. The Morgan fingerprint density at radius 3 is 2.73 bits per heavy atom. The van der Waals surface area contributed by atoms with Crippen LogP contribution < -0.4 is 5.73 Å². The fraction of sp³-hybridized carbons (Fsp3) is 0.857. The van der Waals surface area contributed by atoms with Gasteiger partial charge in [0.15, 0.2) is 0 Å². The molecular weight excluding hydrogens is 144 g/mol. The van der Waals surface area contributed by atoms with E-state index in [4.69, 9.17) is 5.73 Å². The lowest BCUT2D eigenvalue weighted by Crippen LogP contribution is -2.33. The number of methoxy groups -OCH3 is 1. The van der Waals surface area contributed by atoms with Gasteiger partial charge in [0.2, 0.25) is 0 Å². The predicted molar refractivity (Wildman–Crippen MR) is 41.0 cm³/mol. The highest BCUT2D eigenvalue weighted by Gasteiger charge is 2.32. The maximum atomic E-state index is 11.1. The van der Waals surface area contributed by atoms with E-state index in [-0.39, 0.29) is 18.1 Å². The summed E-state index contributed by atoms with van der Waals surface area (Å²) in [4.78, 5) is 13.0. The van der Waals surface area contributed by atoms with Crippen LogP contribution in [0.4, 0.5) is 0 Å². The van der Waals surface area contributed by atoms with Gasteiger partial charge in [-0.25, -0.2) is 0 Å². The molecule has 0 aromatic rings. The summed E-state index contributed by atoms with van der Waals surface area (Å²) < 4.78 is 4.62. The molecular formula is C7H14N2O2. The molecule has 1 saturated heterocycles. The fourth-order valence-electron chi connectivity index (χ4n) is 1.45. The van der Waals surface area contributed by atoms with Crippen LogP contribution in [0.2, 0.25) is 0 Å². The number of esters is 1. The van der Waals surface area contributed by atoms with Crippen LogP contribution in [0.1, 0.15) is 6.42 Å². The molecule has 1 rings (SSSR count). The van der Waals surface area contributed by atoms with Crippen molar-refractivity contribution in [1.29, 1.82) is 0 Å². The number of rotatable bonds is 1. The molecule has 64 valence electrons. The van der Waals surface area contributed by atoms with Crippen molar-refractivity contribution in [3.8, 4) is 0 Å². The first kappa shape index (κ1) is 8.49. The van der Waals surface area contributed by atoms with E-state index in [0.29, 0.717) is 6.42 Å². The molecule has 1 aliphatic heterocycles. The van der Waals surface area contributed by atoms with Crippen molar-refractivity contribution in [3.05, 3.63) is 0 Å². The summed E-state index contributed by atoms with van der Waals surface area (Å²) in [6.45, 7) is 0.778. The highest BCUT2D eigenvalue weighted by Crippen LogP contribution is 2.14. The first-order chi connectivity index (χ1) is 5.15. The first-order valence-corrected chi connectivity index (χ1v) is 3.68. The molecule has 1 fully saturated rings. The molecule has 0 radical (unpaired) electrons. The SMILES string of the molecule is COC(=O)[C@@H]1C[C@@H](N)CN1C. The number of nitrogens with two attached hydrogens (primary N) is 1. The lowest BCUT2D eigenvalue weighted by atomic mass is 10.2. The Morgan fingerprint density at radius 2 is 2.36 bits per heavy atom. The summed E-state index contributed by atoms with van der Waals surface area (Å²) in [5, 5.41) is 0. The Balaban J connectivity index is 2.52. The molecule has 0 spiro atoms. The van der Waals surface area contributed by atoms with Crippen LogP contribution in [0.25, 0.3) is 0 Å². The summed E-state index contributed by atoms with van der Waals surface area (Å²) in [5.41, 5.74) is 5.66. The lowest BCUT2D eigenvalue weighted by molar-refractivity contribution is -0.145. The smallest absolute Gasteiger partial charge is 0.323 e. The lowest BCUT2D eigenvalue weighted by Gasteiger charge is -2.15. The van der Waals surface area contributed by atoms with Crippen molar-refractivity contribution in [2.24, 2.45) is 5.73 Å². The molecule has 0 aliphatic carbocycles. The van der Waals surface area contributed by atoms with E-state index in [1.54, 1.807) is 0 Å². The van der Waals surface area contributed by atoms with Crippen LogP contribution in [0.3, 0.4) is 0 Å². The van der Waals surface area contributed by atoms with E-state index >= 15 is 0 Å². The summed E-state index contributed by atoms with van der Waals surface area (Å²) in [6, 6.07) is -0.0147. The zero-order valence-electron chi connectivity index (χ0n) is 6.91. The van der Waals surface area contributed by atoms with E-state index in [9.17, 15) is 4.79 Å². The molecule has 0 saturated carbocycles. The quantitative estimate of drug-likeness (QED) is 0.507. The van der Waals surface area contributed by atoms with E-state index < -0.39 is 0 Å². The van der Waals surface area contributed by atoms with Crippen molar-refractivity contribution in [1.82, 2.24) is 4.90 Å². The fourth-order valence-corrected chi connectivity index (χ4v) is 1.45. The Morgan fingerprint density at radius 1 is 1.73 bits per heavy atom. The molecule has 4 nitrogen and oxygen atoms in total. The molecule has 2 N–H and O–H groups in total. The van der Waals surface area contributed by atoms with Crippen molar-refractivity contribution >= 4 is 5.97 Å². The number of hydrogen-bond acceptors (Lipinski definition) is 4. The number of hydrogen-bond donors (Lipinski definition) is 1. The molecule has 0 aromatic heterocycles. The normalized spacial score (nSPS) is 32.3. The van der Waals surface area contributed by atoms with Crippen molar-refractivity contribution < 1.29 is 9.53 Å². The van der Waals surface area contributed by atoms with Gasteiger partial charge in [0.05, 0.1) is 7.11 Å². The molecule has 11 heavy (non-hydrogen) atoms. The third-order valence-electron chi connectivity index (χ3n) is 2.05. The zero-order valence-corrected chi connectivity index (χ0v) is 6.91. The minimum Gasteiger partial charge on any atom is -0.468 e. The van der Waals surface area contributed by atoms with Gasteiger partial charge < -0.3 is 10.5 Å². The Hall–Kier alpha value is -0.610. The van der Waals surface area contributed by atoms with Gasteiger partial charge in [0.1, 0.15) is 6.04 Å². The van der Waals surface area contributed by atoms with Crippen LogP contribution in [0.15, 0.2) is 0 Å². The van der Waals surface area contributed by atoms with Gasteiger partial charge in [-0.1, -0.05) is 0 Å². The summed E-state index contributed by atoms with van der Waals surface area (Å²) in [5.74, 6) is -0.180. The number of ether oxygens (including phenoxy) is 1. The standard InChI is InChI=1S/C7H14N2O2/c1-9-4-5(8)3-6(9)7(10)11-2/h5-6H,3-4,8H2,1-2H3/t5-,6+/m1/s1. The average Bonchev–Trinajstić information content (AvgIpc) is 2.28. The second kappa shape index (κ2) is 3.19. The third-order valence-corrected chi connectivity index (χ3v) is 2.05. The molecule has 4 heteroatoms.